The Bertz CT molecular complexity index is 804. The lowest BCUT2D eigenvalue weighted by Gasteiger charge is -2.15. The number of nitrogens with zero attached hydrogens (tertiary/aromatic N) is 2. The van der Waals surface area contributed by atoms with Gasteiger partial charge in [-0.05, 0) is 28.1 Å². The normalized spacial score (nSPS) is 13.6. The first-order chi connectivity index (χ1) is 10.9. The number of hydrogen-bond acceptors (Lipinski definition) is 2. The molecule has 3 nitrogen and oxygen atoms in total. The number of alkyl halides is 5. The van der Waals surface area contributed by atoms with Crippen LogP contribution in [0.15, 0.2) is 21.9 Å². The van der Waals surface area contributed by atoms with E-state index in [0.717, 1.165) is 4.57 Å². The van der Waals surface area contributed by atoms with Gasteiger partial charge >= 0.3 is 11.9 Å². The lowest BCUT2D eigenvalue weighted by Crippen LogP contribution is -2.11. The molecule has 2 rings (SSSR count). The summed E-state index contributed by atoms with van der Waals surface area (Å²) in [6, 6.07) is 1.11. The van der Waals surface area contributed by atoms with Crippen LogP contribution in [0.1, 0.15) is 5.56 Å². The van der Waals surface area contributed by atoms with Crippen LogP contribution < -0.4 is 0 Å². The number of benzene rings is 1. The molecule has 1 aromatic carbocycles. The summed E-state index contributed by atoms with van der Waals surface area (Å²) in [6.45, 7) is 0. The van der Waals surface area contributed by atoms with Crippen LogP contribution >= 0.6 is 50.7 Å². The van der Waals surface area contributed by atoms with Gasteiger partial charge < -0.3 is 0 Å². The Hall–Kier alpha value is -0.420. The molecule has 0 saturated heterocycles. The van der Waals surface area contributed by atoms with Crippen LogP contribution in [0, 0.1) is 0 Å². The summed E-state index contributed by atoms with van der Waals surface area (Å²) in [7, 11) is -2.91. The van der Waals surface area contributed by atoms with Crippen molar-refractivity contribution in [3.05, 3.63) is 37.6 Å². The fourth-order valence-electron chi connectivity index (χ4n) is 1.75. The third kappa shape index (κ3) is 3.72. The second-order valence-electron chi connectivity index (χ2n) is 4.16. The topological polar surface area (TPSA) is 34.9 Å². The van der Waals surface area contributed by atoms with Gasteiger partial charge in [0.2, 0.25) is 0 Å². The Morgan fingerprint density at radius 2 is 1.67 bits per heavy atom. The molecule has 13 heteroatoms. The van der Waals surface area contributed by atoms with Gasteiger partial charge in [0.1, 0.15) is 10.8 Å². The van der Waals surface area contributed by atoms with Crippen molar-refractivity contribution in [1.29, 1.82) is 0 Å². The Morgan fingerprint density at radius 3 is 2.08 bits per heavy atom. The molecule has 132 valence electrons. The molecule has 1 heterocycles. The van der Waals surface area contributed by atoms with Crippen LogP contribution in [-0.4, -0.2) is 19.5 Å². The number of hydrogen-bond donors (Lipinski definition) is 0. The predicted octanol–water partition coefficient (Wildman–Crippen LogP) is 5.94. The zero-order valence-corrected chi connectivity index (χ0v) is 15.5. The molecule has 1 atom stereocenters. The third-order valence-electron chi connectivity index (χ3n) is 2.67. The molecule has 0 radical (unpaired) electrons. The van der Waals surface area contributed by atoms with Gasteiger partial charge in [0.25, 0.3) is 0 Å². The number of imidazole rings is 1. The lowest BCUT2D eigenvalue weighted by atomic mass is 10.2. The zero-order chi connectivity index (χ0) is 18.4. The van der Waals surface area contributed by atoms with E-state index in [-0.39, 0.29) is 10.4 Å². The van der Waals surface area contributed by atoms with Crippen LogP contribution in [0.5, 0.6) is 0 Å². The first-order valence-electron chi connectivity index (χ1n) is 5.64. The lowest BCUT2D eigenvalue weighted by molar-refractivity contribution is -0.137. The summed E-state index contributed by atoms with van der Waals surface area (Å²) in [4.78, 5) is 3.62. The summed E-state index contributed by atoms with van der Waals surface area (Å²) in [5.41, 5.74) is -1.46. The van der Waals surface area contributed by atoms with Crippen molar-refractivity contribution in [2.45, 2.75) is 17.0 Å². The third-order valence-corrected chi connectivity index (χ3v) is 5.24. The minimum absolute atomic E-state index is 0.208. The summed E-state index contributed by atoms with van der Waals surface area (Å²) in [5, 5.41) is -2.22. The first-order valence-corrected chi connectivity index (χ1v) is 8.78. The average molecular weight is 492 g/mol. The van der Waals surface area contributed by atoms with E-state index >= 15 is 0 Å². The maximum Gasteiger partial charge on any atom is 0.416 e. The average Bonchev–Trinajstić information content (AvgIpc) is 2.71. The minimum atomic E-state index is -4.72. The van der Waals surface area contributed by atoms with Crippen molar-refractivity contribution < 1.29 is 26.2 Å². The molecule has 0 aliphatic carbocycles. The maximum atomic E-state index is 12.8. The van der Waals surface area contributed by atoms with Crippen LogP contribution in [0.2, 0.25) is 15.2 Å². The standard InChI is InChI=1S/C11H3BrCl3F5N2OS/c12-9-21-7(15)8(24(23)10(16)17)22(9)6-4(13)1-3(2-5(6)14)11(18,19)20/h1-2,10H. The van der Waals surface area contributed by atoms with Crippen molar-refractivity contribution in [2.24, 2.45) is 0 Å². The number of halogens is 9. The molecule has 0 N–H and O–H groups in total. The van der Waals surface area contributed by atoms with E-state index in [4.69, 9.17) is 34.8 Å². The van der Waals surface area contributed by atoms with Crippen molar-refractivity contribution >= 4 is 61.5 Å². The first kappa shape index (κ1) is 19.9. The monoisotopic (exact) mass is 490 g/mol. The Balaban J connectivity index is 2.77. The second-order valence-corrected chi connectivity index (χ2v) is 7.38. The highest BCUT2D eigenvalue weighted by Gasteiger charge is 2.34. The van der Waals surface area contributed by atoms with Crippen LogP contribution in [-0.2, 0) is 17.0 Å². The van der Waals surface area contributed by atoms with E-state index in [0.29, 0.717) is 12.1 Å². The Kier molecular flexibility index (Phi) is 5.86. The molecule has 0 bridgehead atoms. The highest BCUT2D eigenvalue weighted by Crippen LogP contribution is 2.40. The quantitative estimate of drug-likeness (QED) is 0.497. The molecule has 1 aromatic heterocycles. The molecule has 1 unspecified atom stereocenters. The molecule has 0 aliphatic heterocycles. The zero-order valence-electron chi connectivity index (χ0n) is 10.8. The van der Waals surface area contributed by atoms with Gasteiger partial charge in [0.05, 0.1) is 21.3 Å². The predicted molar refractivity (Wildman–Crippen MR) is 83.7 cm³/mol. The van der Waals surface area contributed by atoms with Gasteiger partial charge in [-0.3, -0.25) is 4.57 Å². The van der Waals surface area contributed by atoms with Gasteiger partial charge in [0.15, 0.2) is 14.9 Å². The van der Waals surface area contributed by atoms with Gasteiger partial charge in [-0.25, -0.2) is 9.19 Å². The summed E-state index contributed by atoms with van der Waals surface area (Å²) in [6.07, 6.45) is -4.72. The maximum absolute atomic E-state index is 12.8. The highest BCUT2D eigenvalue weighted by molar-refractivity contribution is 9.10. The summed E-state index contributed by atoms with van der Waals surface area (Å²) in [5.74, 6) is -3.31. The smallest absolute Gasteiger partial charge is 0.275 e. The van der Waals surface area contributed by atoms with Gasteiger partial charge in [-0.2, -0.15) is 22.0 Å². The molecule has 0 spiro atoms. The number of rotatable bonds is 3. The molecular weight excluding hydrogens is 489 g/mol. The van der Waals surface area contributed by atoms with Gasteiger partial charge in [0, 0.05) is 0 Å². The van der Waals surface area contributed by atoms with Crippen molar-refractivity contribution in [1.82, 2.24) is 9.55 Å². The second kappa shape index (κ2) is 7.06. The van der Waals surface area contributed by atoms with E-state index in [1.807, 2.05) is 0 Å². The number of aromatic nitrogens is 2. The molecule has 2 aromatic rings. The van der Waals surface area contributed by atoms with E-state index in [1.54, 1.807) is 0 Å². The molecule has 0 fully saturated rings. The Morgan fingerprint density at radius 1 is 1.17 bits per heavy atom. The van der Waals surface area contributed by atoms with Crippen LogP contribution in [0.3, 0.4) is 0 Å². The van der Waals surface area contributed by atoms with E-state index in [9.17, 15) is 26.2 Å². The summed E-state index contributed by atoms with van der Waals surface area (Å²) >= 11 is 20.2. The largest absolute Gasteiger partial charge is 0.416 e. The fourth-order valence-corrected chi connectivity index (χ4v) is 4.29. The molecule has 0 amide bonds. The highest BCUT2D eigenvalue weighted by atomic mass is 79.9. The molecule has 0 saturated carbocycles. The van der Waals surface area contributed by atoms with E-state index < -0.39 is 48.5 Å². The molecule has 0 aliphatic rings. The van der Waals surface area contributed by atoms with Crippen LogP contribution in [0.25, 0.3) is 5.69 Å². The molecular formula is C11H3BrCl3F5N2OS. The SMILES string of the molecule is O=S(c1c(Cl)nc(Br)n1-c1c(Cl)cc(C(F)(F)F)cc1Cl)C(F)F. The fraction of sp³-hybridized carbons (Fsp3) is 0.182. The minimum Gasteiger partial charge on any atom is -0.275 e. The van der Waals surface area contributed by atoms with Crippen LogP contribution in [0.4, 0.5) is 22.0 Å². The summed E-state index contributed by atoms with van der Waals surface area (Å²) < 4.78 is 76.2. The molecule has 24 heavy (non-hydrogen) atoms. The van der Waals surface area contributed by atoms with E-state index in [2.05, 4.69) is 20.9 Å². The van der Waals surface area contributed by atoms with Gasteiger partial charge in [-0.1, -0.05) is 34.8 Å². The van der Waals surface area contributed by atoms with E-state index in [1.165, 1.54) is 0 Å². The van der Waals surface area contributed by atoms with Crippen molar-refractivity contribution in [3.63, 3.8) is 0 Å². The Labute approximate surface area is 157 Å². The van der Waals surface area contributed by atoms with Gasteiger partial charge in [-0.15, -0.1) is 0 Å². The van der Waals surface area contributed by atoms with Crippen molar-refractivity contribution in [2.75, 3.05) is 0 Å². The van der Waals surface area contributed by atoms with Crippen molar-refractivity contribution in [3.8, 4) is 5.69 Å².